The van der Waals surface area contributed by atoms with E-state index in [1.54, 1.807) is 13.0 Å². The highest BCUT2D eigenvalue weighted by Gasteiger charge is 2.42. The van der Waals surface area contributed by atoms with E-state index in [-0.39, 0.29) is 12.4 Å². The molecule has 2 unspecified atom stereocenters. The summed E-state index contributed by atoms with van der Waals surface area (Å²) in [4.78, 5) is 23.4. The molecule has 5 nitrogen and oxygen atoms in total. The molecule has 1 saturated carbocycles. The number of halogens is 2. The largest absolute Gasteiger partial charge is 0.481 e. The summed E-state index contributed by atoms with van der Waals surface area (Å²) in [6.07, 6.45) is 2.84. The molecule has 1 aromatic carbocycles. The second-order valence-corrected chi connectivity index (χ2v) is 6.88. The SMILES string of the molecule is CC1(NC(=O)COc2ccc(Br)cc2F)CCCCC1C(=O)O. The van der Waals surface area contributed by atoms with Gasteiger partial charge in [0.1, 0.15) is 0 Å². The molecule has 0 bridgehead atoms. The topological polar surface area (TPSA) is 75.6 Å². The second-order valence-electron chi connectivity index (χ2n) is 5.97. The van der Waals surface area contributed by atoms with Crippen LogP contribution in [0.5, 0.6) is 5.75 Å². The third-order valence-corrected chi connectivity index (χ3v) is 4.68. The van der Waals surface area contributed by atoms with Gasteiger partial charge in [-0.2, -0.15) is 0 Å². The number of carboxylic acid groups (broad SMARTS) is 1. The van der Waals surface area contributed by atoms with Gasteiger partial charge in [0.25, 0.3) is 5.91 Å². The highest BCUT2D eigenvalue weighted by molar-refractivity contribution is 9.10. The van der Waals surface area contributed by atoms with Gasteiger partial charge in [-0.15, -0.1) is 0 Å². The minimum Gasteiger partial charge on any atom is -0.481 e. The third-order valence-electron chi connectivity index (χ3n) is 4.18. The molecule has 0 saturated heterocycles. The van der Waals surface area contributed by atoms with Gasteiger partial charge in [0.15, 0.2) is 18.2 Å². The van der Waals surface area contributed by atoms with Gasteiger partial charge in [-0.05, 0) is 38.0 Å². The predicted octanol–water partition coefficient (Wildman–Crippen LogP) is 3.12. The van der Waals surface area contributed by atoms with Gasteiger partial charge in [0, 0.05) is 4.47 Å². The maximum Gasteiger partial charge on any atom is 0.308 e. The van der Waals surface area contributed by atoms with Crippen LogP contribution in [-0.2, 0) is 9.59 Å². The van der Waals surface area contributed by atoms with Crippen molar-refractivity contribution in [2.24, 2.45) is 5.92 Å². The van der Waals surface area contributed by atoms with Crippen LogP contribution in [0.3, 0.4) is 0 Å². The fourth-order valence-electron chi connectivity index (χ4n) is 2.97. The number of rotatable bonds is 5. The van der Waals surface area contributed by atoms with E-state index in [2.05, 4.69) is 21.2 Å². The molecule has 1 fully saturated rings. The fraction of sp³-hybridized carbons (Fsp3) is 0.500. The van der Waals surface area contributed by atoms with Gasteiger partial charge in [0.2, 0.25) is 0 Å². The number of carboxylic acids is 1. The summed E-state index contributed by atoms with van der Waals surface area (Å²) in [5.74, 6) is -2.58. The molecule has 0 aromatic heterocycles. The smallest absolute Gasteiger partial charge is 0.308 e. The monoisotopic (exact) mass is 387 g/mol. The molecule has 0 radical (unpaired) electrons. The van der Waals surface area contributed by atoms with E-state index in [1.165, 1.54) is 12.1 Å². The lowest BCUT2D eigenvalue weighted by atomic mass is 9.74. The predicted molar refractivity (Wildman–Crippen MR) is 85.7 cm³/mol. The Balaban J connectivity index is 1.96. The number of aliphatic carboxylic acids is 1. The zero-order valence-corrected chi connectivity index (χ0v) is 14.4. The average Bonchev–Trinajstić information content (AvgIpc) is 2.46. The first-order valence-electron chi connectivity index (χ1n) is 7.43. The lowest BCUT2D eigenvalue weighted by Gasteiger charge is -2.39. The molecule has 1 aromatic rings. The molecule has 0 spiro atoms. The molecule has 1 aliphatic carbocycles. The van der Waals surface area contributed by atoms with Gasteiger partial charge in [-0.3, -0.25) is 9.59 Å². The Morgan fingerprint density at radius 2 is 2.22 bits per heavy atom. The van der Waals surface area contributed by atoms with Crippen LogP contribution >= 0.6 is 15.9 Å². The number of hydrogen-bond donors (Lipinski definition) is 2. The van der Waals surface area contributed by atoms with Crippen molar-refractivity contribution in [1.29, 1.82) is 0 Å². The van der Waals surface area contributed by atoms with Gasteiger partial charge < -0.3 is 15.2 Å². The van der Waals surface area contributed by atoms with E-state index < -0.39 is 29.2 Å². The van der Waals surface area contributed by atoms with Gasteiger partial charge in [0.05, 0.1) is 11.5 Å². The van der Waals surface area contributed by atoms with Gasteiger partial charge in [-0.25, -0.2) is 4.39 Å². The molecular formula is C16H19BrFNO4. The first kappa shape index (κ1) is 17.7. The van der Waals surface area contributed by atoms with E-state index in [9.17, 15) is 19.1 Å². The van der Waals surface area contributed by atoms with Crippen molar-refractivity contribution >= 4 is 27.8 Å². The Hall–Kier alpha value is -1.63. The summed E-state index contributed by atoms with van der Waals surface area (Å²) < 4.78 is 19.4. The molecule has 23 heavy (non-hydrogen) atoms. The van der Waals surface area contributed by atoms with Crippen LogP contribution in [0.4, 0.5) is 4.39 Å². The average molecular weight is 388 g/mol. The lowest BCUT2D eigenvalue weighted by Crippen LogP contribution is -2.56. The van der Waals surface area contributed by atoms with Crippen LogP contribution in [-0.4, -0.2) is 29.1 Å². The Bertz CT molecular complexity index is 610. The number of benzene rings is 1. The second kappa shape index (κ2) is 7.29. The summed E-state index contributed by atoms with van der Waals surface area (Å²) in [6.45, 7) is 1.38. The number of ether oxygens (including phenoxy) is 1. The summed E-state index contributed by atoms with van der Waals surface area (Å²) in [7, 11) is 0. The zero-order chi connectivity index (χ0) is 17.0. The number of carbonyl (C=O) groups excluding carboxylic acids is 1. The molecular weight excluding hydrogens is 369 g/mol. The van der Waals surface area contributed by atoms with Crippen molar-refractivity contribution in [3.63, 3.8) is 0 Å². The molecule has 126 valence electrons. The van der Waals surface area contributed by atoms with E-state index >= 15 is 0 Å². The molecule has 2 rings (SSSR count). The molecule has 2 N–H and O–H groups in total. The van der Waals surface area contributed by atoms with Gasteiger partial charge >= 0.3 is 5.97 Å². The minimum absolute atomic E-state index is 0.0214. The van der Waals surface area contributed by atoms with Crippen LogP contribution in [0.15, 0.2) is 22.7 Å². The summed E-state index contributed by atoms with van der Waals surface area (Å²) >= 11 is 3.14. The maximum atomic E-state index is 13.6. The molecule has 1 amide bonds. The zero-order valence-electron chi connectivity index (χ0n) is 12.8. The van der Waals surface area contributed by atoms with Crippen molar-refractivity contribution in [1.82, 2.24) is 5.32 Å². The summed E-state index contributed by atoms with van der Waals surface area (Å²) in [5, 5.41) is 12.1. The van der Waals surface area contributed by atoms with Crippen molar-refractivity contribution in [3.8, 4) is 5.75 Å². The first-order valence-corrected chi connectivity index (χ1v) is 8.23. The number of amides is 1. The molecule has 2 atom stereocenters. The van der Waals surface area contributed by atoms with Crippen LogP contribution < -0.4 is 10.1 Å². The Kier molecular flexibility index (Phi) is 5.62. The van der Waals surface area contributed by atoms with E-state index in [0.29, 0.717) is 17.3 Å². The number of hydrogen-bond acceptors (Lipinski definition) is 3. The highest BCUT2D eigenvalue weighted by Crippen LogP contribution is 2.33. The summed E-state index contributed by atoms with van der Waals surface area (Å²) in [5.41, 5.74) is -0.803. The van der Waals surface area contributed by atoms with Gasteiger partial charge in [-0.1, -0.05) is 28.8 Å². The quantitative estimate of drug-likeness (QED) is 0.813. The van der Waals surface area contributed by atoms with E-state index in [1.807, 2.05) is 0 Å². The van der Waals surface area contributed by atoms with Crippen molar-refractivity contribution in [2.45, 2.75) is 38.1 Å². The van der Waals surface area contributed by atoms with E-state index in [0.717, 1.165) is 12.8 Å². The molecule has 0 aliphatic heterocycles. The Labute approximate surface area is 142 Å². The summed E-state index contributed by atoms with van der Waals surface area (Å²) in [6, 6.07) is 4.28. The Morgan fingerprint density at radius 1 is 1.48 bits per heavy atom. The minimum atomic E-state index is -0.910. The van der Waals surface area contributed by atoms with E-state index in [4.69, 9.17) is 4.74 Å². The number of nitrogens with one attached hydrogen (secondary N) is 1. The van der Waals surface area contributed by atoms with Crippen molar-refractivity contribution in [2.75, 3.05) is 6.61 Å². The molecule has 7 heteroatoms. The highest BCUT2D eigenvalue weighted by atomic mass is 79.9. The normalized spacial score (nSPS) is 24.0. The maximum absolute atomic E-state index is 13.6. The number of carbonyl (C=O) groups is 2. The standard InChI is InChI=1S/C16H19BrFNO4/c1-16(7-3-2-4-11(16)15(21)22)19-14(20)9-23-13-6-5-10(17)8-12(13)18/h5-6,8,11H,2-4,7,9H2,1H3,(H,19,20)(H,21,22). The Morgan fingerprint density at radius 3 is 2.87 bits per heavy atom. The fourth-order valence-corrected chi connectivity index (χ4v) is 3.30. The van der Waals surface area contributed by atoms with Crippen LogP contribution in [0, 0.1) is 11.7 Å². The molecule has 0 heterocycles. The van der Waals surface area contributed by atoms with Crippen LogP contribution in [0.1, 0.15) is 32.6 Å². The van der Waals surface area contributed by atoms with Crippen molar-refractivity contribution in [3.05, 3.63) is 28.5 Å². The lowest BCUT2D eigenvalue weighted by molar-refractivity contribution is -0.146. The van der Waals surface area contributed by atoms with Crippen LogP contribution in [0.2, 0.25) is 0 Å². The van der Waals surface area contributed by atoms with Crippen LogP contribution in [0.25, 0.3) is 0 Å². The first-order chi connectivity index (χ1) is 10.8. The third kappa shape index (κ3) is 4.43. The molecule has 1 aliphatic rings. The van der Waals surface area contributed by atoms with Crippen molar-refractivity contribution < 1.29 is 23.8 Å².